The monoisotopic (exact) mass is 269 g/mol. The molecule has 0 unspecified atom stereocenters. The summed E-state index contributed by atoms with van der Waals surface area (Å²) in [5, 5.41) is 9.53. The number of nitrogens with one attached hydrogen (secondary N) is 2. The molecule has 3 aromatic rings. The first-order valence-electron chi connectivity index (χ1n) is 6.04. The Morgan fingerprint density at radius 2 is 2.10 bits per heavy atom. The molecule has 0 radical (unpaired) electrons. The van der Waals surface area contributed by atoms with Crippen molar-refractivity contribution in [3.05, 3.63) is 64.3 Å². The number of aromatic amines is 1. The highest BCUT2D eigenvalue weighted by atomic mass is 16.3. The summed E-state index contributed by atoms with van der Waals surface area (Å²) in [5.41, 5.74) is 0.582. The summed E-state index contributed by atoms with van der Waals surface area (Å²) in [4.78, 5) is 22.7. The second kappa shape index (κ2) is 5.00. The number of H-pyrrole nitrogens is 1. The van der Waals surface area contributed by atoms with Crippen LogP contribution in [0.5, 0.6) is 0 Å². The number of hydrogen-bond donors (Lipinski definition) is 2. The zero-order valence-corrected chi connectivity index (χ0v) is 10.4. The van der Waals surface area contributed by atoms with Gasteiger partial charge in [-0.2, -0.15) is 5.10 Å². The smallest absolute Gasteiger partial charge is 0.272 e. The fraction of sp³-hybridized carbons (Fsp3) is 0.0714. The summed E-state index contributed by atoms with van der Waals surface area (Å²) in [6.45, 7) is 0.258. The van der Waals surface area contributed by atoms with Crippen molar-refractivity contribution >= 4 is 16.9 Å². The van der Waals surface area contributed by atoms with Gasteiger partial charge in [0.2, 0.25) is 0 Å². The third-order valence-electron chi connectivity index (χ3n) is 2.81. The second-order valence-electron chi connectivity index (χ2n) is 4.24. The average Bonchev–Trinajstić information content (AvgIpc) is 2.88. The van der Waals surface area contributed by atoms with Crippen molar-refractivity contribution in [2.75, 3.05) is 0 Å². The molecule has 6 nitrogen and oxygen atoms in total. The zero-order chi connectivity index (χ0) is 13.9. The van der Waals surface area contributed by atoms with Gasteiger partial charge in [0.15, 0.2) is 0 Å². The highest BCUT2D eigenvalue weighted by molar-refractivity contribution is 5.92. The van der Waals surface area contributed by atoms with E-state index >= 15 is 0 Å². The summed E-state index contributed by atoms with van der Waals surface area (Å²) in [6.07, 6.45) is 0. The third-order valence-corrected chi connectivity index (χ3v) is 2.81. The SMILES string of the molecule is O=C(NCc1cc2ccccc2o1)c1ccc(=O)[nH]n1. The zero-order valence-electron chi connectivity index (χ0n) is 10.4. The number of furan rings is 1. The van der Waals surface area contributed by atoms with E-state index in [-0.39, 0.29) is 23.7 Å². The van der Waals surface area contributed by atoms with Crippen LogP contribution in [0.15, 0.2) is 51.7 Å². The van der Waals surface area contributed by atoms with Gasteiger partial charge in [-0.1, -0.05) is 18.2 Å². The predicted octanol–water partition coefficient (Wildman–Crippen LogP) is 1.45. The van der Waals surface area contributed by atoms with Crippen molar-refractivity contribution in [1.29, 1.82) is 0 Å². The molecule has 0 aliphatic rings. The number of rotatable bonds is 3. The maximum atomic E-state index is 11.8. The van der Waals surface area contributed by atoms with Gasteiger partial charge in [0.25, 0.3) is 11.5 Å². The molecule has 20 heavy (non-hydrogen) atoms. The Kier molecular flexibility index (Phi) is 3.04. The molecule has 1 aromatic carbocycles. The summed E-state index contributed by atoms with van der Waals surface area (Å²) < 4.78 is 5.58. The molecule has 0 atom stereocenters. The minimum atomic E-state index is -0.373. The van der Waals surface area contributed by atoms with Crippen LogP contribution in [0.4, 0.5) is 0 Å². The van der Waals surface area contributed by atoms with Gasteiger partial charge in [0.05, 0.1) is 6.54 Å². The largest absolute Gasteiger partial charge is 0.459 e. The molecule has 2 aromatic heterocycles. The van der Waals surface area contributed by atoms with E-state index in [0.29, 0.717) is 5.76 Å². The lowest BCUT2D eigenvalue weighted by Gasteiger charge is -2.01. The van der Waals surface area contributed by atoms with Gasteiger partial charge in [-0.25, -0.2) is 5.10 Å². The van der Waals surface area contributed by atoms with Gasteiger partial charge in [0, 0.05) is 11.5 Å². The Hall–Kier alpha value is -2.89. The van der Waals surface area contributed by atoms with E-state index in [1.807, 2.05) is 30.3 Å². The first-order chi connectivity index (χ1) is 9.72. The number of fused-ring (bicyclic) bond motifs is 1. The average molecular weight is 269 g/mol. The van der Waals surface area contributed by atoms with Crippen LogP contribution in [0.1, 0.15) is 16.2 Å². The van der Waals surface area contributed by atoms with Crippen LogP contribution in [-0.2, 0) is 6.54 Å². The third kappa shape index (κ3) is 2.44. The van der Waals surface area contributed by atoms with Gasteiger partial charge in [-0.15, -0.1) is 0 Å². The molecule has 0 fully saturated rings. The van der Waals surface area contributed by atoms with Gasteiger partial charge in [0.1, 0.15) is 17.0 Å². The molecule has 2 N–H and O–H groups in total. The van der Waals surface area contributed by atoms with Crippen LogP contribution in [0.3, 0.4) is 0 Å². The van der Waals surface area contributed by atoms with E-state index in [1.54, 1.807) is 0 Å². The topological polar surface area (TPSA) is 88.0 Å². The number of hydrogen-bond acceptors (Lipinski definition) is 4. The molecule has 2 heterocycles. The van der Waals surface area contributed by atoms with E-state index < -0.39 is 0 Å². The van der Waals surface area contributed by atoms with Gasteiger partial charge in [-0.05, 0) is 18.2 Å². The number of aromatic nitrogens is 2. The lowest BCUT2D eigenvalue weighted by atomic mass is 10.2. The van der Waals surface area contributed by atoms with Crippen molar-refractivity contribution in [2.24, 2.45) is 0 Å². The minimum absolute atomic E-state index is 0.153. The number of carbonyl (C=O) groups excluding carboxylic acids is 1. The lowest BCUT2D eigenvalue weighted by Crippen LogP contribution is -2.25. The number of nitrogens with zero attached hydrogens (tertiary/aromatic N) is 1. The Morgan fingerprint density at radius 3 is 2.85 bits per heavy atom. The van der Waals surface area contributed by atoms with Crippen LogP contribution < -0.4 is 10.9 Å². The van der Waals surface area contributed by atoms with E-state index in [0.717, 1.165) is 11.0 Å². The summed E-state index contributed by atoms with van der Waals surface area (Å²) >= 11 is 0. The Balaban J connectivity index is 1.71. The van der Waals surface area contributed by atoms with Crippen molar-refractivity contribution in [1.82, 2.24) is 15.5 Å². The molecule has 0 aliphatic carbocycles. The molecule has 0 spiro atoms. The quantitative estimate of drug-likeness (QED) is 0.753. The Morgan fingerprint density at radius 1 is 1.25 bits per heavy atom. The highest BCUT2D eigenvalue weighted by Crippen LogP contribution is 2.18. The van der Waals surface area contributed by atoms with Crippen molar-refractivity contribution in [3.8, 4) is 0 Å². The van der Waals surface area contributed by atoms with Gasteiger partial charge >= 0.3 is 0 Å². The molecular weight excluding hydrogens is 258 g/mol. The molecule has 0 saturated heterocycles. The fourth-order valence-corrected chi connectivity index (χ4v) is 1.85. The van der Waals surface area contributed by atoms with E-state index in [4.69, 9.17) is 4.42 Å². The van der Waals surface area contributed by atoms with Crippen LogP contribution >= 0.6 is 0 Å². The van der Waals surface area contributed by atoms with E-state index in [2.05, 4.69) is 15.5 Å². The molecule has 1 amide bonds. The maximum Gasteiger partial charge on any atom is 0.272 e. The first-order valence-corrected chi connectivity index (χ1v) is 6.04. The van der Waals surface area contributed by atoms with Gasteiger partial charge < -0.3 is 9.73 Å². The first kappa shape index (κ1) is 12.2. The summed E-state index contributed by atoms with van der Waals surface area (Å²) in [7, 11) is 0. The maximum absolute atomic E-state index is 11.8. The summed E-state index contributed by atoms with van der Waals surface area (Å²) in [5.74, 6) is 0.283. The lowest BCUT2D eigenvalue weighted by molar-refractivity contribution is 0.0942. The van der Waals surface area contributed by atoms with Crippen molar-refractivity contribution in [3.63, 3.8) is 0 Å². The van der Waals surface area contributed by atoms with E-state index in [1.165, 1.54) is 12.1 Å². The minimum Gasteiger partial charge on any atom is -0.459 e. The predicted molar refractivity (Wildman–Crippen MR) is 72.2 cm³/mol. The Bertz CT molecular complexity index is 766. The number of carbonyl (C=O) groups is 1. The fourth-order valence-electron chi connectivity index (χ4n) is 1.85. The number of amides is 1. The molecule has 3 rings (SSSR count). The van der Waals surface area contributed by atoms with Crippen molar-refractivity contribution < 1.29 is 9.21 Å². The molecule has 0 aliphatic heterocycles. The van der Waals surface area contributed by atoms with Crippen LogP contribution in [0.25, 0.3) is 11.0 Å². The van der Waals surface area contributed by atoms with Crippen molar-refractivity contribution in [2.45, 2.75) is 6.54 Å². The number of para-hydroxylation sites is 1. The second-order valence-corrected chi connectivity index (χ2v) is 4.24. The highest BCUT2D eigenvalue weighted by Gasteiger charge is 2.09. The molecule has 0 saturated carbocycles. The molecular formula is C14H11N3O3. The standard InChI is InChI=1S/C14H11N3O3/c18-13-6-5-11(16-17-13)14(19)15-8-10-7-9-3-1-2-4-12(9)20-10/h1-7H,8H2,(H,15,19)(H,17,18). The molecule has 6 heteroatoms. The van der Waals surface area contributed by atoms with E-state index in [9.17, 15) is 9.59 Å². The molecule has 100 valence electrons. The normalized spacial score (nSPS) is 10.6. The van der Waals surface area contributed by atoms with Crippen LogP contribution in [-0.4, -0.2) is 16.1 Å². The van der Waals surface area contributed by atoms with Crippen LogP contribution in [0, 0.1) is 0 Å². The van der Waals surface area contributed by atoms with Gasteiger partial charge in [-0.3, -0.25) is 9.59 Å². The van der Waals surface area contributed by atoms with Crippen LogP contribution in [0.2, 0.25) is 0 Å². The molecule has 0 bridgehead atoms. The summed E-state index contributed by atoms with van der Waals surface area (Å²) in [6, 6.07) is 12.1. The number of benzene rings is 1. The Labute approximate surface area is 113 Å².